The third-order valence-corrected chi connectivity index (χ3v) is 3.16. The van der Waals surface area contributed by atoms with Crippen LogP contribution < -0.4 is 0 Å². The average molecular weight is 281 g/mol. The lowest BCUT2D eigenvalue weighted by Crippen LogP contribution is -2.00. The molecule has 3 rings (SSSR count). The van der Waals surface area contributed by atoms with Gasteiger partial charge in [0.05, 0.1) is 5.69 Å². The summed E-state index contributed by atoms with van der Waals surface area (Å²) in [6.45, 7) is 0. The molecular formula is C12H10BrFN2. The van der Waals surface area contributed by atoms with Crippen molar-refractivity contribution >= 4 is 15.9 Å². The van der Waals surface area contributed by atoms with Gasteiger partial charge in [0.15, 0.2) is 0 Å². The standard InChI is InChI=1S/C12H10BrFN2/c13-12-7-11(8-1-2-8)16(15-12)10-5-3-9(14)4-6-10/h3-8H,1-2H2. The lowest BCUT2D eigenvalue weighted by Gasteiger charge is -2.05. The van der Waals surface area contributed by atoms with E-state index in [0.717, 1.165) is 10.3 Å². The third-order valence-electron chi connectivity index (χ3n) is 2.77. The van der Waals surface area contributed by atoms with Crippen LogP contribution in [0.15, 0.2) is 34.9 Å². The van der Waals surface area contributed by atoms with Crippen molar-refractivity contribution < 1.29 is 4.39 Å². The van der Waals surface area contributed by atoms with Crippen LogP contribution in [0.1, 0.15) is 24.5 Å². The van der Waals surface area contributed by atoms with E-state index in [1.54, 1.807) is 12.1 Å². The molecule has 0 unspecified atom stereocenters. The minimum atomic E-state index is -0.219. The molecule has 0 aliphatic heterocycles. The molecule has 2 nitrogen and oxygen atoms in total. The van der Waals surface area contributed by atoms with E-state index in [1.807, 2.05) is 10.7 Å². The normalized spacial score (nSPS) is 15.4. The highest BCUT2D eigenvalue weighted by Gasteiger charge is 2.28. The van der Waals surface area contributed by atoms with Crippen molar-refractivity contribution in [2.75, 3.05) is 0 Å². The number of nitrogens with zero attached hydrogens (tertiary/aromatic N) is 2. The smallest absolute Gasteiger partial charge is 0.128 e. The van der Waals surface area contributed by atoms with Crippen LogP contribution in [-0.4, -0.2) is 9.78 Å². The molecule has 0 N–H and O–H groups in total. The van der Waals surface area contributed by atoms with E-state index in [2.05, 4.69) is 21.0 Å². The molecule has 16 heavy (non-hydrogen) atoms. The fraction of sp³-hybridized carbons (Fsp3) is 0.250. The highest BCUT2D eigenvalue weighted by molar-refractivity contribution is 9.10. The molecule has 82 valence electrons. The summed E-state index contributed by atoms with van der Waals surface area (Å²) in [6.07, 6.45) is 2.44. The van der Waals surface area contributed by atoms with Crippen LogP contribution in [-0.2, 0) is 0 Å². The Labute approximate surface area is 101 Å². The topological polar surface area (TPSA) is 17.8 Å². The van der Waals surface area contributed by atoms with Gasteiger partial charge < -0.3 is 0 Å². The predicted molar refractivity (Wildman–Crippen MR) is 63.2 cm³/mol. The van der Waals surface area contributed by atoms with Gasteiger partial charge in [0.1, 0.15) is 10.4 Å². The fourth-order valence-electron chi connectivity index (χ4n) is 1.82. The third kappa shape index (κ3) is 1.78. The molecule has 1 aromatic carbocycles. The molecule has 0 spiro atoms. The largest absolute Gasteiger partial charge is 0.236 e. The summed E-state index contributed by atoms with van der Waals surface area (Å²) in [7, 11) is 0. The van der Waals surface area contributed by atoms with Gasteiger partial charge >= 0.3 is 0 Å². The van der Waals surface area contributed by atoms with Crippen LogP contribution in [0.2, 0.25) is 0 Å². The first kappa shape index (κ1) is 10.0. The van der Waals surface area contributed by atoms with Crippen molar-refractivity contribution in [1.29, 1.82) is 0 Å². The molecule has 0 amide bonds. The van der Waals surface area contributed by atoms with E-state index in [1.165, 1.54) is 30.7 Å². The van der Waals surface area contributed by atoms with Crippen molar-refractivity contribution in [3.05, 3.63) is 46.4 Å². The summed E-state index contributed by atoms with van der Waals surface area (Å²) < 4.78 is 15.6. The number of aromatic nitrogens is 2. The van der Waals surface area contributed by atoms with Gasteiger partial charge in [-0.1, -0.05) is 0 Å². The van der Waals surface area contributed by atoms with Gasteiger partial charge in [-0.2, -0.15) is 5.10 Å². The van der Waals surface area contributed by atoms with Gasteiger partial charge in [0.2, 0.25) is 0 Å². The van der Waals surface area contributed by atoms with E-state index in [9.17, 15) is 4.39 Å². The van der Waals surface area contributed by atoms with Crippen LogP contribution in [0.5, 0.6) is 0 Å². The summed E-state index contributed by atoms with van der Waals surface area (Å²) in [5, 5.41) is 4.38. The van der Waals surface area contributed by atoms with Gasteiger partial charge in [0, 0.05) is 11.6 Å². The van der Waals surface area contributed by atoms with Crippen LogP contribution >= 0.6 is 15.9 Å². The lowest BCUT2D eigenvalue weighted by atomic mass is 10.2. The van der Waals surface area contributed by atoms with E-state index in [4.69, 9.17) is 0 Å². The van der Waals surface area contributed by atoms with Gasteiger partial charge in [-0.15, -0.1) is 0 Å². The van der Waals surface area contributed by atoms with E-state index < -0.39 is 0 Å². The minimum Gasteiger partial charge on any atom is -0.236 e. The molecule has 0 atom stereocenters. The zero-order chi connectivity index (χ0) is 11.1. The molecule has 4 heteroatoms. The molecule has 1 aliphatic carbocycles. The van der Waals surface area contributed by atoms with Gasteiger partial charge in [-0.05, 0) is 59.1 Å². The Balaban J connectivity index is 2.07. The average Bonchev–Trinajstić information content (AvgIpc) is 3.04. The second-order valence-corrected chi connectivity index (χ2v) is 4.87. The quantitative estimate of drug-likeness (QED) is 0.821. The van der Waals surface area contributed by atoms with Crippen molar-refractivity contribution in [2.45, 2.75) is 18.8 Å². The monoisotopic (exact) mass is 280 g/mol. The predicted octanol–water partition coefficient (Wildman–Crippen LogP) is 3.65. The maximum atomic E-state index is 12.8. The lowest BCUT2D eigenvalue weighted by molar-refractivity contribution is 0.626. The Morgan fingerprint density at radius 3 is 2.56 bits per heavy atom. The van der Waals surface area contributed by atoms with Crippen molar-refractivity contribution in [3.63, 3.8) is 0 Å². The first-order chi connectivity index (χ1) is 7.74. The van der Waals surface area contributed by atoms with Crippen LogP contribution in [0.3, 0.4) is 0 Å². The number of hydrogen-bond donors (Lipinski definition) is 0. The molecule has 0 saturated heterocycles. The Hall–Kier alpha value is -1.16. The Bertz CT molecular complexity index is 514. The maximum Gasteiger partial charge on any atom is 0.128 e. The molecule has 1 fully saturated rings. The number of benzene rings is 1. The zero-order valence-electron chi connectivity index (χ0n) is 8.53. The zero-order valence-corrected chi connectivity index (χ0v) is 10.1. The molecule has 1 heterocycles. The van der Waals surface area contributed by atoms with Crippen molar-refractivity contribution in [2.24, 2.45) is 0 Å². The highest BCUT2D eigenvalue weighted by Crippen LogP contribution is 2.41. The summed E-state index contributed by atoms with van der Waals surface area (Å²) in [6, 6.07) is 8.46. The molecule has 0 radical (unpaired) electrons. The fourth-order valence-corrected chi connectivity index (χ4v) is 2.22. The van der Waals surface area contributed by atoms with E-state index >= 15 is 0 Å². The number of halogens is 2. The number of hydrogen-bond acceptors (Lipinski definition) is 1. The van der Waals surface area contributed by atoms with Crippen LogP contribution in [0, 0.1) is 5.82 Å². The van der Waals surface area contributed by atoms with Gasteiger partial charge in [-0.3, -0.25) is 0 Å². The van der Waals surface area contributed by atoms with Crippen LogP contribution in [0.4, 0.5) is 4.39 Å². The first-order valence-electron chi connectivity index (χ1n) is 5.25. The molecule has 1 saturated carbocycles. The Morgan fingerprint density at radius 2 is 1.94 bits per heavy atom. The highest BCUT2D eigenvalue weighted by atomic mass is 79.9. The second-order valence-electron chi connectivity index (χ2n) is 4.05. The minimum absolute atomic E-state index is 0.219. The first-order valence-corrected chi connectivity index (χ1v) is 6.05. The van der Waals surface area contributed by atoms with Gasteiger partial charge in [-0.25, -0.2) is 9.07 Å². The molecular weight excluding hydrogens is 271 g/mol. The summed E-state index contributed by atoms with van der Waals surface area (Å²) in [4.78, 5) is 0. The molecule has 1 aliphatic rings. The second kappa shape index (κ2) is 3.70. The summed E-state index contributed by atoms with van der Waals surface area (Å²) in [5.74, 6) is 0.395. The summed E-state index contributed by atoms with van der Waals surface area (Å²) in [5.41, 5.74) is 2.12. The molecule has 2 aromatic rings. The van der Waals surface area contributed by atoms with Crippen LogP contribution in [0.25, 0.3) is 5.69 Å². The van der Waals surface area contributed by atoms with Crippen molar-refractivity contribution in [3.8, 4) is 5.69 Å². The Kier molecular flexibility index (Phi) is 2.32. The SMILES string of the molecule is Fc1ccc(-n2nc(Br)cc2C2CC2)cc1. The Morgan fingerprint density at radius 1 is 1.25 bits per heavy atom. The van der Waals surface area contributed by atoms with E-state index in [0.29, 0.717) is 5.92 Å². The van der Waals surface area contributed by atoms with Crippen molar-refractivity contribution in [1.82, 2.24) is 9.78 Å². The van der Waals surface area contributed by atoms with E-state index in [-0.39, 0.29) is 5.82 Å². The maximum absolute atomic E-state index is 12.8. The molecule has 0 bridgehead atoms. The number of rotatable bonds is 2. The molecule has 1 aromatic heterocycles. The van der Waals surface area contributed by atoms with Gasteiger partial charge in [0.25, 0.3) is 0 Å². The summed E-state index contributed by atoms with van der Waals surface area (Å²) >= 11 is 3.38.